The standard InChI is InChI=1S/C11H15ClN2S/c1-2-4-8-7-10(12)14-11(13-8)9-5-3-6-15-9/h7,9H,2-6H2,1H3. The summed E-state index contributed by atoms with van der Waals surface area (Å²) in [4.78, 5) is 8.92. The van der Waals surface area contributed by atoms with Gasteiger partial charge in [-0.1, -0.05) is 24.9 Å². The molecule has 4 heteroatoms. The molecule has 1 unspecified atom stereocenters. The van der Waals surface area contributed by atoms with Crippen LogP contribution in [-0.2, 0) is 6.42 Å². The van der Waals surface area contributed by atoms with E-state index in [9.17, 15) is 0 Å². The zero-order valence-corrected chi connectivity index (χ0v) is 10.4. The van der Waals surface area contributed by atoms with Gasteiger partial charge in [0.1, 0.15) is 11.0 Å². The van der Waals surface area contributed by atoms with Crippen LogP contribution < -0.4 is 0 Å². The van der Waals surface area contributed by atoms with E-state index in [1.54, 1.807) is 0 Å². The SMILES string of the molecule is CCCc1cc(Cl)nc(C2CCCS2)n1. The van der Waals surface area contributed by atoms with Crippen LogP contribution in [0.25, 0.3) is 0 Å². The minimum absolute atomic E-state index is 0.472. The Hall–Kier alpha value is -0.280. The summed E-state index contributed by atoms with van der Waals surface area (Å²) in [6.45, 7) is 2.15. The lowest BCUT2D eigenvalue weighted by Crippen LogP contribution is -2.02. The van der Waals surface area contributed by atoms with Crippen LogP contribution in [-0.4, -0.2) is 15.7 Å². The topological polar surface area (TPSA) is 25.8 Å². The van der Waals surface area contributed by atoms with Crippen LogP contribution in [0.1, 0.15) is 43.0 Å². The molecule has 2 heterocycles. The fraction of sp³-hybridized carbons (Fsp3) is 0.636. The number of hydrogen-bond donors (Lipinski definition) is 0. The van der Waals surface area contributed by atoms with Crippen LogP contribution in [0.2, 0.25) is 5.15 Å². The Kier molecular flexibility index (Phi) is 3.87. The van der Waals surface area contributed by atoms with Crippen LogP contribution in [0.5, 0.6) is 0 Å². The number of rotatable bonds is 3. The Morgan fingerprint density at radius 2 is 2.40 bits per heavy atom. The Morgan fingerprint density at radius 1 is 1.53 bits per heavy atom. The molecule has 1 fully saturated rings. The van der Waals surface area contributed by atoms with Crippen LogP contribution in [0.15, 0.2) is 6.07 Å². The first-order valence-electron chi connectivity index (χ1n) is 5.44. The van der Waals surface area contributed by atoms with Gasteiger partial charge in [0.15, 0.2) is 0 Å². The average Bonchev–Trinajstić information content (AvgIpc) is 2.70. The van der Waals surface area contributed by atoms with Crippen molar-refractivity contribution in [1.29, 1.82) is 0 Å². The molecule has 0 saturated carbocycles. The fourth-order valence-electron chi connectivity index (χ4n) is 1.79. The van der Waals surface area contributed by atoms with Crippen LogP contribution in [0.3, 0.4) is 0 Å². The van der Waals surface area contributed by atoms with Gasteiger partial charge in [-0.05, 0) is 31.1 Å². The van der Waals surface area contributed by atoms with E-state index in [1.807, 2.05) is 17.8 Å². The van der Waals surface area contributed by atoms with E-state index in [0.717, 1.165) is 24.4 Å². The average molecular weight is 243 g/mol. The molecule has 0 amide bonds. The van der Waals surface area contributed by atoms with Crippen molar-refractivity contribution < 1.29 is 0 Å². The van der Waals surface area contributed by atoms with Gasteiger partial charge in [-0.2, -0.15) is 11.8 Å². The molecule has 15 heavy (non-hydrogen) atoms. The minimum Gasteiger partial charge on any atom is -0.237 e. The molecule has 1 saturated heterocycles. The first kappa shape index (κ1) is 11.2. The summed E-state index contributed by atoms with van der Waals surface area (Å²) in [5.41, 5.74) is 1.08. The molecule has 1 aromatic heterocycles. The van der Waals surface area contributed by atoms with Crippen molar-refractivity contribution in [2.45, 2.75) is 37.9 Å². The highest BCUT2D eigenvalue weighted by Crippen LogP contribution is 2.38. The quantitative estimate of drug-likeness (QED) is 0.757. The van der Waals surface area contributed by atoms with E-state index in [4.69, 9.17) is 11.6 Å². The summed E-state index contributed by atoms with van der Waals surface area (Å²) in [5, 5.41) is 1.07. The van der Waals surface area contributed by atoms with Gasteiger partial charge in [0.05, 0.1) is 5.25 Å². The Balaban J connectivity index is 2.22. The molecule has 0 aromatic carbocycles. The van der Waals surface area contributed by atoms with Gasteiger partial charge in [-0.3, -0.25) is 0 Å². The van der Waals surface area contributed by atoms with Gasteiger partial charge in [0.25, 0.3) is 0 Å². The number of halogens is 1. The van der Waals surface area contributed by atoms with Crippen LogP contribution in [0, 0.1) is 0 Å². The summed E-state index contributed by atoms with van der Waals surface area (Å²) in [6.07, 6.45) is 4.56. The first-order chi connectivity index (χ1) is 7.29. The molecule has 2 nitrogen and oxygen atoms in total. The molecule has 0 N–H and O–H groups in total. The van der Waals surface area contributed by atoms with Gasteiger partial charge in [0, 0.05) is 5.69 Å². The number of thioether (sulfide) groups is 1. The van der Waals surface area contributed by atoms with Crippen molar-refractivity contribution in [3.63, 3.8) is 0 Å². The summed E-state index contributed by atoms with van der Waals surface area (Å²) in [6, 6.07) is 1.88. The van der Waals surface area contributed by atoms with E-state index in [2.05, 4.69) is 16.9 Å². The fourth-order valence-corrected chi connectivity index (χ4v) is 3.21. The minimum atomic E-state index is 0.472. The molecule has 82 valence electrons. The number of nitrogens with zero attached hydrogens (tertiary/aromatic N) is 2. The molecule has 1 aliphatic rings. The molecule has 0 bridgehead atoms. The predicted octanol–water partition coefficient (Wildman–Crippen LogP) is 3.65. The molecule has 1 aliphatic heterocycles. The molecule has 0 spiro atoms. The Morgan fingerprint density at radius 3 is 3.07 bits per heavy atom. The maximum atomic E-state index is 6.00. The van der Waals surface area contributed by atoms with E-state index in [1.165, 1.54) is 18.6 Å². The van der Waals surface area contributed by atoms with Crippen LogP contribution >= 0.6 is 23.4 Å². The summed E-state index contributed by atoms with van der Waals surface area (Å²) in [5.74, 6) is 2.16. The maximum Gasteiger partial charge on any atom is 0.143 e. The van der Waals surface area contributed by atoms with Crippen molar-refractivity contribution in [3.05, 3.63) is 22.7 Å². The Bertz CT molecular complexity index is 337. The molecule has 2 rings (SSSR count). The second-order valence-electron chi connectivity index (χ2n) is 3.79. The maximum absolute atomic E-state index is 6.00. The van der Waals surface area contributed by atoms with Gasteiger partial charge < -0.3 is 0 Å². The lowest BCUT2D eigenvalue weighted by molar-refractivity contribution is 0.757. The highest BCUT2D eigenvalue weighted by Gasteiger charge is 2.21. The summed E-state index contributed by atoms with van der Waals surface area (Å²) in [7, 11) is 0. The van der Waals surface area contributed by atoms with Gasteiger partial charge in [0.2, 0.25) is 0 Å². The van der Waals surface area contributed by atoms with Gasteiger partial charge in [-0.25, -0.2) is 9.97 Å². The zero-order valence-electron chi connectivity index (χ0n) is 8.87. The molecule has 0 aliphatic carbocycles. The van der Waals surface area contributed by atoms with Crippen molar-refractivity contribution in [2.75, 3.05) is 5.75 Å². The second kappa shape index (κ2) is 5.17. The largest absolute Gasteiger partial charge is 0.237 e. The van der Waals surface area contributed by atoms with Crippen molar-refractivity contribution in [1.82, 2.24) is 9.97 Å². The molecule has 1 aromatic rings. The lowest BCUT2D eigenvalue weighted by atomic mass is 10.2. The molecule has 1 atom stereocenters. The smallest absolute Gasteiger partial charge is 0.143 e. The lowest BCUT2D eigenvalue weighted by Gasteiger charge is -2.09. The third-order valence-electron chi connectivity index (χ3n) is 2.49. The number of aryl methyl sites for hydroxylation is 1. The van der Waals surface area contributed by atoms with E-state index in [0.29, 0.717) is 10.4 Å². The third-order valence-corrected chi connectivity index (χ3v) is 4.06. The third kappa shape index (κ3) is 2.85. The van der Waals surface area contributed by atoms with Gasteiger partial charge >= 0.3 is 0 Å². The molecule has 0 radical (unpaired) electrons. The van der Waals surface area contributed by atoms with E-state index < -0.39 is 0 Å². The second-order valence-corrected chi connectivity index (χ2v) is 5.49. The van der Waals surface area contributed by atoms with Crippen molar-refractivity contribution in [3.8, 4) is 0 Å². The summed E-state index contributed by atoms with van der Waals surface area (Å²) >= 11 is 7.95. The molecular weight excluding hydrogens is 228 g/mol. The highest BCUT2D eigenvalue weighted by atomic mass is 35.5. The highest BCUT2D eigenvalue weighted by molar-refractivity contribution is 7.99. The van der Waals surface area contributed by atoms with E-state index >= 15 is 0 Å². The van der Waals surface area contributed by atoms with Crippen molar-refractivity contribution >= 4 is 23.4 Å². The summed E-state index contributed by atoms with van der Waals surface area (Å²) < 4.78 is 0. The van der Waals surface area contributed by atoms with Crippen LogP contribution in [0.4, 0.5) is 0 Å². The zero-order chi connectivity index (χ0) is 10.7. The first-order valence-corrected chi connectivity index (χ1v) is 6.87. The van der Waals surface area contributed by atoms with Crippen molar-refractivity contribution in [2.24, 2.45) is 0 Å². The Labute approximate surface area is 99.8 Å². The molecular formula is C11H15ClN2S. The van der Waals surface area contributed by atoms with E-state index in [-0.39, 0.29) is 0 Å². The normalized spacial score (nSPS) is 20.8. The predicted molar refractivity (Wildman–Crippen MR) is 65.5 cm³/mol. The van der Waals surface area contributed by atoms with Gasteiger partial charge in [-0.15, -0.1) is 0 Å². The monoisotopic (exact) mass is 242 g/mol. The number of aromatic nitrogens is 2. The number of hydrogen-bond acceptors (Lipinski definition) is 3.